The van der Waals surface area contributed by atoms with Crippen LogP contribution in [0.3, 0.4) is 0 Å². The number of hydrogen-bond acceptors (Lipinski definition) is 4. The summed E-state index contributed by atoms with van der Waals surface area (Å²) in [5, 5.41) is 0. The van der Waals surface area contributed by atoms with Crippen molar-refractivity contribution in [3.63, 3.8) is 0 Å². The highest BCUT2D eigenvalue weighted by atomic mass is 16.6. The van der Waals surface area contributed by atoms with Crippen LogP contribution in [0.15, 0.2) is 24.3 Å². The van der Waals surface area contributed by atoms with Crippen molar-refractivity contribution in [1.29, 1.82) is 0 Å². The van der Waals surface area contributed by atoms with Crippen LogP contribution in [0.1, 0.15) is 50.5 Å². The summed E-state index contributed by atoms with van der Waals surface area (Å²) in [4.78, 5) is 27.7. The Balaban J connectivity index is 2.00. The average molecular weight is 347 g/mol. The molecule has 0 radical (unpaired) electrons. The van der Waals surface area contributed by atoms with Crippen molar-refractivity contribution in [3.8, 4) is 0 Å². The molecule has 0 saturated carbocycles. The summed E-state index contributed by atoms with van der Waals surface area (Å²) >= 11 is 0. The first-order valence-corrected chi connectivity index (χ1v) is 8.71. The Morgan fingerprint density at radius 1 is 1.12 bits per heavy atom. The third-order valence-electron chi connectivity index (χ3n) is 4.65. The van der Waals surface area contributed by atoms with Gasteiger partial charge < -0.3 is 15.4 Å². The van der Waals surface area contributed by atoms with Gasteiger partial charge in [0, 0.05) is 37.3 Å². The molecular formula is C19H29N3O3. The van der Waals surface area contributed by atoms with Gasteiger partial charge in [0.1, 0.15) is 5.60 Å². The zero-order chi connectivity index (χ0) is 18.8. The third kappa shape index (κ3) is 4.95. The lowest BCUT2D eigenvalue weighted by atomic mass is 10.0. The van der Waals surface area contributed by atoms with E-state index in [1.54, 1.807) is 12.1 Å². The van der Waals surface area contributed by atoms with Gasteiger partial charge in [-0.25, -0.2) is 4.79 Å². The highest BCUT2D eigenvalue weighted by molar-refractivity contribution is 5.92. The van der Waals surface area contributed by atoms with Crippen LogP contribution in [0.4, 0.5) is 4.79 Å². The van der Waals surface area contributed by atoms with Crippen LogP contribution in [0.2, 0.25) is 0 Å². The first-order valence-electron chi connectivity index (χ1n) is 8.71. The fourth-order valence-corrected chi connectivity index (χ4v) is 3.02. The first-order chi connectivity index (χ1) is 11.6. The number of hydrogen-bond donors (Lipinski definition) is 1. The smallest absolute Gasteiger partial charge is 0.410 e. The number of ether oxygens (including phenoxy) is 1. The van der Waals surface area contributed by atoms with E-state index in [1.165, 1.54) is 0 Å². The summed E-state index contributed by atoms with van der Waals surface area (Å²) in [5.41, 5.74) is 6.42. The summed E-state index contributed by atoms with van der Waals surface area (Å²) in [6.07, 6.45) is -0.252. The molecule has 0 aromatic heterocycles. The molecule has 0 unspecified atom stereocenters. The molecule has 1 heterocycles. The zero-order valence-corrected chi connectivity index (χ0v) is 15.8. The van der Waals surface area contributed by atoms with Crippen LogP contribution in [0.25, 0.3) is 0 Å². The van der Waals surface area contributed by atoms with Crippen molar-refractivity contribution >= 4 is 12.0 Å². The molecule has 1 aliphatic rings. The molecule has 0 spiro atoms. The topological polar surface area (TPSA) is 75.9 Å². The largest absolute Gasteiger partial charge is 0.444 e. The second-order valence-corrected chi connectivity index (χ2v) is 7.69. The van der Waals surface area contributed by atoms with E-state index in [-0.39, 0.29) is 18.2 Å². The van der Waals surface area contributed by atoms with Crippen LogP contribution >= 0.6 is 0 Å². The Labute approximate surface area is 149 Å². The van der Waals surface area contributed by atoms with Gasteiger partial charge in [0.05, 0.1) is 0 Å². The van der Waals surface area contributed by atoms with Crippen molar-refractivity contribution in [1.82, 2.24) is 9.80 Å². The van der Waals surface area contributed by atoms with E-state index in [0.717, 1.165) is 18.7 Å². The Morgan fingerprint density at radius 2 is 1.72 bits per heavy atom. The minimum atomic E-state index is -0.487. The van der Waals surface area contributed by atoms with Gasteiger partial charge in [-0.2, -0.15) is 0 Å². The number of nitrogens with two attached hydrogens (primary N) is 1. The summed E-state index contributed by atoms with van der Waals surface area (Å²) < 4.78 is 5.51. The standard InChI is InChI=1S/C19H29N3O3/c1-13-14(2)22(18(24)25-19(3,4)5)11-10-21(13)12-15-6-8-16(9-7-15)17(20)23/h6-9,13-14H,10-12H2,1-5H3,(H2,20,23)/t13-,14+/m1/s1. The maximum absolute atomic E-state index is 12.4. The van der Waals surface area contributed by atoms with Crippen LogP contribution in [-0.4, -0.2) is 52.6 Å². The molecule has 1 aromatic carbocycles. The first kappa shape index (κ1) is 19.2. The molecule has 1 aliphatic heterocycles. The molecule has 25 heavy (non-hydrogen) atoms. The van der Waals surface area contributed by atoms with Crippen LogP contribution in [0.5, 0.6) is 0 Å². The van der Waals surface area contributed by atoms with Gasteiger partial charge in [-0.1, -0.05) is 12.1 Å². The second kappa shape index (κ2) is 7.44. The Hall–Kier alpha value is -2.08. The molecule has 2 rings (SSSR count). The molecule has 6 heteroatoms. The van der Waals surface area contributed by atoms with Crippen LogP contribution < -0.4 is 5.73 Å². The minimum absolute atomic E-state index is 0.0634. The number of carbonyl (C=O) groups is 2. The molecule has 2 atom stereocenters. The van der Waals surface area contributed by atoms with E-state index in [1.807, 2.05) is 37.8 Å². The fourth-order valence-electron chi connectivity index (χ4n) is 3.02. The summed E-state index contributed by atoms with van der Waals surface area (Å²) in [6.45, 7) is 12.0. The van der Waals surface area contributed by atoms with Gasteiger partial charge in [-0.3, -0.25) is 9.69 Å². The number of piperazine rings is 1. The molecular weight excluding hydrogens is 318 g/mol. The molecule has 2 N–H and O–H groups in total. The summed E-state index contributed by atoms with van der Waals surface area (Å²) in [5.74, 6) is -0.417. The maximum Gasteiger partial charge on any atom is 0.410 e. The van der Waals surface area contributed by atoms with Crippen molar-refractivity contribution in [3.05, 3.63) is 35.4 Å². The van der Waals surface area contributed by atoms with Gasteiger partial charge in [0.25, 0.3) is 0 Å². The van der Waals surface area contributed by atoms with E-state index in [9.17, 15) is 9.59 Å². The zero-order valence-electron chi connectivity index (χ0n) is 15.8. The highest BCUT2D eigenvalue weighted by Gasteiger charge is 2.35. The van der Waals surface area contributed by atoms with Crippen LogP contribution in [0, 0.1) is 0 Å². The minimum Gasteiger partial charge on any atom is -0.444 e. The highest BCUT2D eigenvalue weighted by Crippen LogP contribution is 2.22. The number of carbonyl (C=O) groups excluding carboxylic acids is 2. The van der Waals surface area contributed by atoms with Gasteiger partial charge in [0.2, 0.25) is 5.91 Å². The number of rotatable bonds is 3. The quantitative estimate of drug-likeness (QED) is 0.912. The monoisotopic (exact) mass is 347 g/mol. The number of amides is 2. The Bertz CT molecular complexity index is 622. The summed E-state index contributed by atoms with van der Waals surface area (Å²) in [6, 6.07) is 7.63. The number of benzene rings is 1. The van der Waals surface area contributed by atoms with Crippen molar-refractivity contribution in [2.24, 2.45) is 5.73 Å². The predicted octanol–water partition coefficient (Wildman–Crippen LogP) is 2.62. The van der Waals surface area contributed by atoms with E-state index in [4.69, 9.17) is 10.5 Å². The molecule has 0 aliphatic carbocycles. The lowest BCUT2D eigenvalue weighted by Crippen LogP contribution is -2.59. The lowest BCUT2D eigenvalue weighted by Gasteiger charge is -2.45. The third-order valence-corrected chi connectivity index (χ3v) is 4.65. The van der Waals surface area contributed by atoms with Gasteiger partial charge >= 0.3 is 6.09 Å². The van der Waals surface area contributed by atoms with Crippen LogP contribution in [-0.2, 0) is 11.3 Å². The number of primary amides is 1. The van der Waals surface area contributed by atoms with E-state index in [0.29, 0.717) is 12.1 Å². The second-order valence-electron chi connectivity index (χ2n) is 7.69. The molecule has 2 amide bonds. The van der Waals surface area contributed by atoms with E-state index in [2.05, 4.69) is 18.7 Å². The number of nitrogens with zero attached hydrogens (tertiary/aromatic N) is 2. The van der Waals surface area contributed by atoms with E-state index >= 15 is 0 Å². The van der Waals surface area contributed by atoms with Crippen molar-refractivity contribution < 1.29 is 14.3 Å². The van der Waals surface area contributed by atoms with Crippen molar-refractivity contribution in [2.75, 3.05) is 13.1 Å². The predicted molar refractivity (Wildman–Crippen MR) is 97.2 cm³/mol. The Kier molecular flexibility index (Phi) is 5.72. The molecule has 1 saturated heterocycles. The molecule has 1 fully saturated rings. The van der Waals surface area contributed by atoms with Gasteiger partial charge in [0.15, 0.2) is 0 Å². The molecule has 0 bridgehead atoms. The maximum atomic E-state index is 12.4. The van der Waals surface area contributed by atoms with Crippen molar-refractivity contribution in [2.45, 2.75) is 58.8 Å². The SMILES string of the molecule is C[C@@H]1[C@H](C)N(C(=O)OC(C)(C)C)CCN1Cc1ccc(C(N)=O)cc1. The van der Waals surface area contributed by atoms with E-state index < -0.39 is 11.5 Å². The average Bonchev–Trinajstić information content (AvgIpc) is 2.50. The molecule has 1 aromatic rings. The fraction of sp³-hybridized carbons (Fsp3) is 0.579. The molecule has 6 nitrogen and oxygen atoms in total. The normalized spacial score (nSPS) is 21.9. The lowest BCUT2D eigenvalue weighted by molar-refractivity contribution is -0.0144. The van der Waals surface area contributed by atoms with Gasteiger partial charge in [-0.15, -0.1) is 0 Å². The molecule has 138 valence electrons. The summed E-state index contributed by atoms with van der Waals surface area (Å²) in [7, 11) is 0. The van der Waals surface area contributed by atoms with Gasteiger partial charge in [-0.05, 0) is 52.3 Å². The Morgan fingerprint density at radius 3 is 2.24 bits per heavy atom.